The third-order valence-corrected chi connectivity index (χ3v) is 6.45. The molecule has 1 aliphatic carbocycles. The van der Waals surface area contributed by atoms with Gasteiger partial charge in [-0.15, -0.1) is 0 Å². The van der Waals surface area contributed by atoms with E-state index in [-0.39, 0.29) is 11.9 Å². The van der Waals surface area contributed by atoms with Crippen LogP contribution in [0.5, 0.6) is 0 Å². The van der Waals surface area contributed by atoms with Crippen molar-refractivity contribution >= 4 is 5.91 Å². The van der Waals surface area contributed by atoms with Crippen molar-refractivity contribution in [3.05, 3.63) is 36.2 Å². The van der Waals surface area contributed by atoms with E-state index in [9.17, 15) is 4.79 Å². The maximum absolute atomic E-state index is 12.5. The zero-order valence-electron chi connectivity index (χ0n) is 18.1. The lowest BCUT2D eigenvalue weighted by Crippen LogP contribution is -2.51. The van der Waals surface area contributed by atoms with Crippen molar-refractivity contribution in [1.29, 1.82) is 0 Å². The van der Waals surface area contributed by atoms with Gasteiger partial charge in [-0.2, -0.15) is 4.98 Å². The van der Waals surface area contributed by atoms with Crippen molar-refractivity contribution in [2.75, 3.05) is 32.7 Å². The van der Waals surface area contributed by atoms with Gasteiger partial charge in [0.15, 0.2) is 0 Å². The van der Waals surface area contributed by atoms with Crippen LogP contribution in [0, 0.1) is 5.92 Å². The van der Waals surface area contributed by atoms with Crippen LogP contribution in [0.4, 0.5) is 0 Å². The van der Waals surface area contributed by atoms with Crippen LogP contribution in [0.3, 0.4) is 0 Å². The Morgan fingerprint density at radius 3 is 2.70 bits per heavy atom. The second kappa shape index (κ2) is 9.71. The minimum atomic E-state index is 0.0645. The maximum atomic E-state index is 12.5. The zero-order valence-corrected chi connectivity index (χ0v) is 18.1. The van der Waals surface area contributed by atoms with Crippen molar-refractivity contribution in [3.8, 4) is 11.4 Å². The summed E-state index contributed by atoms with van der Waals surface area (Å²) in [5, 5.41) is 7.39. The molecule has 7 heteroatoms. The van der Waals surface area contributed by atoms with Crippen LogP contribution in [0.25, 0.3) is 11.4 Å². The molecule has 162 valence electrons. The summed E-state index contributed by atoms with van der Waals surface area (Å²) in [6.07, 6.45) is 4.76. The average molecular weight is 412 g/mol. The van der Waals surface area contributed by atoms with Crippen LogP contribution in [-0.2, 0) is 4.79 Å². The molecule has 7 nitrogen and oxygen atoms in total. The number of benzene rings is 1. The molecule has 1 aromatic heterocycles. The number of nitrogens with zero attached hydrogens (tertiary/aromatic N) is 4. The molecule has 1 saturated heterocycles. The second-order valence-corrected chi connectivity index (χ2v) is 8.85. The van der Waals surface area contributed by atoms with Crippen molar-refractivity contribution in [2.24, 2.45) is 5.92 Å². The maximum Gasteiger partial charge on any atom is 0.244 e. The van der Waals surface area contributed by atoms with E-state index in [0.29, 0.717) is 24.3 Å². The highest BCUT2D eigenvalue weighted by atomic mass is 16.5. The van der Waals surface area contributed by atoms with Gasteiger partial charge in [-0.1, -0.05) is 55.3 Å². The first-order valence-corrected chi connectivity index (χ1v) is 11.2. The molecule has 2 fully saturated rings. The molecule has 3 atom stereocenters. The molecular weight excluding hydrogens is 378 g/mol. The van der Waals surface area contributed by atoms with Gasteiger partial charge >= 0.3 is 0 Å². The molecule has 2 aromatic rings. The normalized spacial score (nSPS) is 24.5. The molecule has 1 saturated carbocycles. The third-order valence-electron chi connectivity index (χ3n) is 6.45. The summed E-state index contributed by atoms with van der Waals surface area (Å²) in [5.74, 6) is 2.16. The van der Waals surface area contributed by atoms with Crippen molar-refractivity contribution < 1.29 is 9.32 Å². The van der Waals surface area contributed by atoms with Gasteiger partial charge in [0, 0.05) is 37.8 Å². The molecule has 2 heterocycles. The van der Waals surface area contributed by atoms with E-state index in [1.165, 1.54) is 12.8 Å². The minimum Gasteiger partial charge on any atom is -0.352 e. The zero-order chi connectivity index (χ0) is 20.9. The number of hydrogen-bond donors (Lipinski definition) is 1. The fourth-order valence-electron chi connectivity index (χ4n) is 4.62. The Labute approximate surface area is 178 Å². The van der Waals surface area contributed by atoms with Gasteiger partial charge in [-0.3, -0.25) is 14.6 Å². The number of aromatic nitrogens is 2. The Balaban J connectivity index is 1.24. The van der Waals surface area contributed by atoms with Gasteiger partial charge in [0.05, 0.1) is 12.6 Å². The topological polar surface area (TPSA) is 74.5 Å². The van der Waals surface area contributed by atoms with Crippen molar-refractivity contribution in [1.82, 2.24) is 25.3 Å². The summed E-state index contributed by atoms with van der Waals surface area (Å²) in [7, 11) is 0. The summed E-state index contributed by atoms with van der Waals surface area (Å²) in [4.78, 5) is 21.6. The molecule has 4 rings (SSSR count). The number of rotatable bonds is 6. The summed E-state index contributed by atoms with van der Waals surface area (Å²) in [5.41, 5.74) is 0.961. The van der Waals surface area contributed by atoms with E-state index in [1.54, 1.807) is 0 Å². The van der Waals surface area contributed by atoms with Crippen molar-refractivity contribution in [3.63, 3.8) is 0 Å². The van der Waals surface area contributed by atoms with E-state index >= 15 is 0 Å². The molecule has 0 radical (unpaired) electrons. The van der Waals surface area contributed by atoms with Crippen molar-refractivity contribution in [2.45, 2.75) is 51.6 Å². The number of amides is 1. The predicted octanol–water partition coefficient (Wildman–Crippen LogP) is 3.11. The van der Waals surface area contributed by atoms with Gasteiger partial charge in [-0.05, 0) is 25.7 Å². The first-order chi connectivity index (χ1) is 14.6. The molecule has 0 spiro atoms. The van der Waals surface area contributed by atoms with Crippen LogP contribution in [0.2, 0.25) is 0 Å². The van der Waals surface area contributed by atoms with E-state index in [0.717, 1.165) is 50.5 Å². The summed E-state index contributed by atoms with van der Waals surface area (Å²) >= 11 is 0. The molecular formula is C23H33N5O2. The fraction of sp³-hybridized carbons (Fsp3) is 0.609. The van der Waals surface area contributed by atoms with Crippen LogP contribution in [0.15, 0.2) is 34.9 Å². The largest absolute Gasteiger partial charge is 0.352 e. The Bertz CT molecular complexity index is 816. The van der Waals surface area contributed by atoms with Gasteiger partial charge in [0.1, 0.15) is 0 Å². The SMILES string of the molecule is CC1CCCC(NC(=O)CN2CCN(C(C)c3nc(-c4ccccc4)no3)CC2)C1. The van der Waals surface area contributed by atoms with Gasteiger partial charge in [-0.25, -0.2) is 0 Å². The molecule has 1 amide bonds. The number of carbonyl (C=O) groups excluding carboxylic acids is 1. The quantitative estimate of drug-likeness (QED) is 0.787. The van der Waals surface area contributed by atoms with E-state index < -0.39 is 0 Å². The number of hydrogen-bond acceptors (Lipinski definition) is 6. The number of carbonyl (C=O) groups is 1. The monoisotopic (exact) mass is 411 g/mol. The molecule has 1 aromatic carbocycles. The fourth-order valence-corrected chi connectivity index (χ4v) is 4.62. The predicted molar refractivity (Wildman–Crippen MR) is 116 cm³/mol. The van der Waals surface area contributed by atoms with Gasteiger partial charge in [0.25, 0.3) is 0 Å². The Morgan fingerprint density at radius 1 is 1.20 bits per heavy atom. The highest BCUT2D eigenvalue weighted by molar-refractivity contribution is 5.78. The number of nitrogens with one attached hydrogen (secondary N) is 1. The summed E-state index contributed by atoms with van der Waals surface area (Å²) < 4.78 is 5.54. The molecule has 0 bridgehead atoms. The van der Waals surface area contributed by atoms with E-state index in [2.05, 4.69) is 39.1 Å². The lowest BCUT2D eigenvalue weighted by atomic mass is 9.87. The van der Waals surface area contributed by atoms with Crippen LogP contribution >= 0.6 is 0 Å². The van der Waals surface area contributed by atoms with Crippen LogP contribution in [-0.4, -0.2) is 64.6 Å². The summed E-state index contributed by atoms with van der Waals surface area (Å²) in [6, 6.07) is 10.3. The highest BCUT2D eigenvalue weighted by Gasteiger charge is 2.27. The molecule has 1 N–H and O–H groups in total. The minimum absolute atomic E-state index is 0.0645. The van der Waals surface area contributed by atoms with Gasteiger partial charge in [0.2, 0.25) is 17.6 Å². The molecule has 1 aliphatic heterocycles. The molecule has 3 unspecified atom stereocenters. The molecule has 2 aliphatic rings. The lowest BCUT2D eigenvalue weighted by molar-refractivity contribution is -0.123. The van der Waals surface area contributed by atoms with Crippen LogP contribution in [0.1, 0.15) is 51.5 Å². The van der Waals surface area contributed by atoms with E-state index in [1.807, 2.05) is 30.3 Å². The lowest BCUT2D eigenvalue weighted by Gasteiger charge is -2.36. The Kier molecular flexibility index (Phi) is 6.79. The third kappa shape index (κ3) is 5.26. The van der Waals surface area contributed by atoms with Gasteiger partial charge < -0.3 is 9.84 Å². The molecule has 30 heavy (non-hydrogen) atoms. The first-order valence-electron chi connectivity index (χ1n) is 11.2. The Hall–Kier alpha value is -2.25. The first kappa shape index (κ1) is 21.0. The summed E-state index contributed by atoms with van der Waals surface area (Å²) in [6.45, 7) is 8.40. The second-order valence-electron chi connectivity index (χ2n) is 8.85. The number of piperazine rings is 1. The van der Waals surface area contributed by atoms with E-state index in [4.69, 9.17) is 4.52 Å². The highest BCUT2D eigenvalue weighted by Crippen LogP contribution is 2.24. The Morgan fingerprint density at radius 2 is 1.97 bits per heavy atom. The average Bonchev–Trinajstić information content (AvgIpc) is 3.25. The smallest absolute Gasteiger partial charge is 0.244 e. The standard InChI is InChI=1S/C23H33N5O2/c1-17-7-6-10-20(15-17)24-21(29)16-27-11-13-28(14-12-27)18(2)23-25-22(26-30-23)19-8-4-3-5-9-19/h3-5,8-9,17-18,20H,6-7,10-16H2,1-2H3,(H,24,29). The van der Waals surface area contributed by atoms with Crippen LogP contribution < -0.4 is 5.32 Å².